The molecule has 0 radical (unpaired) electrons. The standard InChI is InChI=1S/C15H17F17N2O3S/c1-34(2)5-7-37-6-3-4-33-38(35,36)15(31,32)13(26,27)11(22,23)9(18,19)8(16,17)10(20,21)12(24,25)14(28,29)30/h33H,3-7H2,1-2H3. The van der Waals surface area contributed by atoms with Crippen LogP contribution in [-0.2, 0) is 14.8 Å². The first-order valence-corrected chi connectivity index (χ1v) is 10.8. The molecule has 0 aliphatic heterocycles. The highest BCUT2D eigenvalue weighted by Gasteiger charge is 2.96. The SMILES string of the molecule is CN(C)CCOCCCNS(=O)(=O)C(F)(F)C(F)(F)C(F)(F)C(F)(F)C(F)(F)C(F)(F)C(F)(F)C(F)(F)F. The number of ether oxygens (including phenoxy) is 1. The predicted octanol–water partition coefficient (Wildman–Crippen LogP) is 4.84. The molecule has 5 nitrogen and oxygen atoms in total. The van der Waals surface area contributed by atoms with Gasteiger partial charge in [0.05, 0.1) is 6.61 Å². The Labute approximate surface area is 202 Å². The Morgan fingerprint density at radius 2 is 0.974 bits per heavy atom. The Bertz CT molecular complexity index is 903. The van der Waals surface area contributed by atoms with Crippen LogP contribution in [0.3, 0.4) is 0 Å². The topological polar surface area (TPSA) is 58.6 Å². The quantitative estimate of drug-likeness (QED) is 0.209. The lowest BCUT2D eigenvalue weighted by Crippen LogP contribution is -2.75. The van der Waals surface area contributed by atoms with Crippen molar-refractivity contribution in [2.24, 2.45) is 0 Å². The molecule has 0 aliphatic rings. The van der Waals surface area contributed by atoms with Crippen LogP contribution in [0.15, 0.2) is 0 Å². The normalized spacial score (nSPS) is 15.9. The highest BCUT2D eigenvalue weighted by atomic mass is 32.2. The van der Waals surface area contributed by atoms with Crippen molar-refractivity contribution in [1.29, 1.82) is 0 Å². The van der Waals surface area contributed by atoms with Crippen LogP contribution in [0.1, 0.15) is 6.42 Å². The Hall–Kier alpha value is -1.36. The fourth-order valence-electron chi connectivity index (χ4n) is 2.14. The van der Waals surface area contributed by atoms with Crippen LogP contribution in [0.2, 0.25) is 0 Å². The van der Waals surface area contributed by atoms with Gasteiger partial charge in [-0.2, -0.15) is 74.6 Å². The lowest BCUT2D eigenvalue weighted by Gasteiger charge is -2.42. The molecule has 38 heavy (non-hydrogen) atoms. The third-order valence-corrected chi connectivity index (χ3v) is 5.99. The van der Waals surface area contributed by atoms with E-state index in [2.05, 4.69) is 0 Å². The van der Waals surface area contributed by atoms with Gasteiger partial charge >= 0.3 is 47.0 Å². The molecule has 0 atom stereocenters. The third-order valence-electron chi connectivity index (χ3n) is 4.47. The number of halogens is 17. The van der Waals surface area contributed by atoms with Gasteiger partial charge in [-0.05, 0) is 20.5 Å². The first-order valence-electron chi connectivity index (χ1n) is 9.35. The summed E-state index contributed by atoms with van der Waals surface area (Å²) in [5.41, 5.74) is 0. The van der Waals surface area contributed by atoms with Gasteiger partial charge in [0.1, 0.15) is 0 Å². The average Bonchev–Trinajstić information content (AvgIpc) is 2.70. The molecule has 230 valence electrons. The van der Waals surface area contributed by atoms with E-state index in [-0.39, 0.29) is 13.2 Å². The van der Waals surface area contributed by atoms with E-state index < -0.39 is 76.6 Å². The van der Waals surface area contributed by atoms with Crippen molar-refractivity contribution in [3.05, 3.63) is 0 Å². The van der Waals surface area contributed by atoms with Gasteiger partial charge in [-0.3, -0.25) is 0 Å². The summed E-state index contributed by atoms with van der Waals surface area (Å²) in [5, 5.41) is -7.56. The van der Waals surface area contributed by atoms with Gasteiger partial charge in [0.15, 0.2) is 0 Å². The van der Waals surface area contributed by atoms with Crippen molar-refractivity contribution < 1.29 is 87.8 Å². The zero-order valence-corrected chi connectivity index (χ0v) is 19.4. The maximum Gasteiger partial charge on any atom is 0.460 e. The van der Waals surface area contributed by atoms with Gasteiger partial charge in [0.2, 0.25) is 0 Å². The maximum absolute atomic E-state index is 13.8. The van der Waals surface area contributed by atoms with Gasteiger partial charge in [-0.1, -0.05) is 0 Å². The lowest BCUT2D eigenvalue weighted by molar-refractivity contribution is -0.458. The molecule has 0 fully saturated rings. The minimum atomic E-state index is -8.85. The number of hydrogen-bond donors (Lipinski definition) is 1. The molecule has 0 rings (SSSR count). The number of sulfonamides is 1. The van der Waals surface area contributed by atoms with Crippen molar-refractivity contribution in [2.75, 3.05) is 40.4 Å². The van der Waals surface area contributed by atoms with Crippen LogP contribution in [0.5, 0.6) is 0 Å². The fraction of sp³-hybridized carbons (Fsp3) is 1.00. The minimum Gasteiger partial charge on any atom is -0.380 e. The summed E-state index contributed by atoms with van der Waals surface area (Å²) in [7, 11) is -4.14. The molecular weight excluding hydrogens is 611 g/mol. The Morgan fingerprint density at radius 1 is 0.605 bits per heavy atom. The number of nitrogens with one attached hydrogen (secondary N) is 1. The monoisotopic (exact) mass is 628 g/mol. The van der Waals surface area contributed by atoms with E-state index in [4.69, 9.17) is 4.74 Å². The molecule has 0 aromatic heterocycles. The number of nitrogens with zero attached hydrogens (tertiary/aromatic N) is 1. The van der Waals surface area contributed by atoms with E-state index in [1.165, 1.54) is 0 Å². The minimum absolute atomic E-state index is 0.0541. The molecule has 0 saturated carbocycles. The number of rotatable bonds is 15. The second kappa shape index (κ2) is 10.9. The van der Waals surface area contributed by atoms with E-state index in [1.54, 1.807) is 19.0 Å². The smallest absolute Gasteiger partial charge is 0.380 e. The molecular formula is C15H17F17N2O3S. The van der Waals surface area contributed by atoms with Crippen LogP contribution in [0.4, 0.5) is 74.6 Å². The Morgan fingerprint density at radius 3 is 1.34 bits per heavy atom. The molecule has 0 amide bonds. The van der Waals surface area contributed by atoms with Gasteiger partial charge in [-0.15, -0.1) is 0 Å². The van der Waals surface area contributed by atoms with Crippen LogP contribution in [0, 0.1) is 0 Å². The third kappa shape index (κ3) is 5.88. The molecule has 0 spiro atoms. The van der Waals surface area contributed by atoms with Crippen LogP contribution >= 0.6 is 0 Å². The Balaban J connectivity index is 6.18. The van der Waals surface area contributed by atoms with Crippen molar-refractivity contribution in [2.45, 2.75) is 53.4 Å². The van der Waals surface area contributed by atoms with Crippen molar-refractivity contribution in [3.8, 4) is 0 Å². The molecule has 0 aromatic carbocycles. The van der Waals surface area contributed by atoms with Crippen LogP contribution < -0.4 is 4.72 Å². The van der Waals surface area contributed by atoms with Gasteiger partial charge < -0.3 is 9.64 Å². The molecule has 1 N–H and O–H groups in total. The van der Waals surface area contributed by atoms with Gasteiger partial charge in [0, 0.05) is 19.7 Å². The summed E-state index contributed by atoms with van der Waals surface area (Å²) in [6, 6.07) is 0. The van der Waals surface area contributed by atoms with Gasteiger partial charge in [-0.25, -0.2) is 13.1 Å². The number of hydrogen-bond acceptors (Lipinski definition) is 4. The summed E-state index contributed by atoms with van der Waals surface area (Å²) in [6.45, 7) is -1.65. The molecule has 0 bridgehead atoms. The molecule has 0 saturated heterocycles. The zero-order chi connectivity index (χ0) is 31.0. The van der Waals surface area contributed by atoms with Crippen molar-refractivity contribution in [1.82, 2.24) is 9.62 Å². The summed E-state index contributed by atoms with van der Waals surface area (Å²) in [6.07, 6.45) is -8.54. The largest absolute Gasteiger partial charge is 0.460 e. The Kier molecular flexibility index (Phi) is 10.5. The van der Waals surface area contributed by atoms with Crippen molar-refractivity contribution >= 4 is 10.0 Å². The van der Waals surface area contributed by atoms with Crippen molar-refractivity contribution in [3.63, 3.8) is 0 Å². The van der Waals surface area contributed by atoms with E-state index in [0.717, 1.165) is 0 Å². The molecule has 0 unspecified atom stereocenters. The number of likely N-dealkylation sites (N-methyl/N-ethyl adjacent to an activating group) is 1. The van der Waals surface area contributed by atoms with E-state index in [0.29, 0.717) is 4.72 Å². The fourth-order valence-corrected chi connectivity index (χ4v) is 3.20. The van der Waals surface area contributed by atoms with Crippen LogP contribution in [0.25, 0.3) is 0 Å². The van der Waals surface area contributed by atoms with E-state index in [1.807, 2.05) is 0 Å². The highest BCUT2D eigenvalue weighted by molar-refractivity contribution is 7.90. The molecule has 0 aliphatic carbocycles. The van der Waals surface area contributed by atoms with E-state index >= 15 is 0 Å². The first kappa shape index (κ1) is 36.6. The summed E-state index contributed by atoms with van der Waals surface area (Å²) in [4.78, 5) is 1.56. The molecule has 23 heteroatoms. The summed E-state index contributed by atoms with van der Waals surface area (Å²) < 4.78 is 252. The van der Waals surface area contributed by atoms with Gasteiger partial charge in [0.25, 0.3) is 10.0 Å². The number of alkyl halides is 17. The first-order chi connectivity index (χ1) is 16.4. The predicted molar refractivity (Wildman–Crippen MR) is 91.6 cm³/mol. The molecule has 0 aromatic rings. The average molecular weight is 628 g/mol. The highest BCUT2D eigenvalue weighted by Crippen LogP contribution is 2.64. The molecule has 0 heterocycles. The zero-order valence-electron chi connectivity index (χ0n) is 18.5. The summed E-state index contributed by atoms with van der Waals surface area (Å²) >= 11 is 0. The lowest BCUT2D eigenvalue weighted by atomic mass is 9.91. The second-order valence-electron chi connectivity index (χ2n) is 7.63. The van der Waals surface area contributed by atoms with Crippen LogP contribution in [-0.4, -0.2) is 101 Å². The maximum atomic E-state index is 13.8. The second-order valence-corrected chi connectivity index (χ2v) is 9.44. The summed E-state index contributed by atoms with van der Waals surface area (Å²) in [5.74, 6) is -51.6. The van der Waals surface area contributed by atoms with E-state index in [9.17, 15) is 83.1 Å².